The molecule has 2 atom stereocenters. The predicted molar refractivity (Wildman–Crippen MR) is 132 cm³/mol. The number of nitrogens with zero attached hydrogens (tertiary/aromatic N) is 1. The van der Waals surface area contributed by atoms with Crippen molar-refractivity contribution >= 4 is 17.3 Å². The van der Waals surface area contributed by atoms with Crippen molar-refractivity contribution in [3.8, 4) is 11.8 Å². The third-order valence-corrected chi connectivity index (χ3v) is 6.07. The molecular weight excluding hydrogens is 428 g/mol. The topological polar surface area (TPSA) is 106 Å². The molecule has 1 aliphatic rings. The van der Waals surface area contributed by atoms with Crippen molar-refractivity contribution < 1.29 is 14.6 Å². The summed E-state index contributed by atoms with van der Waals surface area (Å²) in [6.07, 6.45) is 0.607. The van der Waals surface area contributed by atoms with Crippen LogP contribution in [-0.4, -0.2) is 37.3 Å². The van der Waals surface area contributed by atoms with Gasteiger partial charge in [0.05, 0.1) is 42.6 Å². The second-order valence-electron chi connectivity index (χ2n) is 8.24. The van der Waals surface area contributed by atoms with Gasteiger partial charge in [-0.25, -0.2) is 0 Å². The van der Waals surface area contributed by atoms with E-state index in [1.807, 2.05) is 48.5 Å². The van der Waals surface area contributed by atoms with Crippen LogP contribution in [0.1, 0.15) is 28.3 Å². The lowest BCUT2D eigenvalue weighted by molar-refractivity contribution is -0.136. The number of rotatable bonds is 9. The average Bonchev–Trinajstić information content (AvgIpc) is 2.86. The summed E-state index contributed by atoms with van der Waals surface area (Å²) in [6, 6.07) is 23.8. The summed E-state index contributed by atoms with van der Waals surface area (Å²) in [5.74, 6) is -0.251. The Morgan fingerprint density at radius 1 is 1.15 bits per heavy atom. The van der Waals surface area contributed by atoms with E-state index >= 15 is 0 Å². The molecule has 0 bridgehead atoms. The van der Waals surface area contributed by atoms with Crippen molar-refractivity contribution in [3.63, 3.8) is 0 Å². The fraction of sp³-hybridized carbons (Fsp3) is 0.259. The number of nitriles is 1. The van der Waals surface area contributed by atoms with Crippen molar-refractivity contribution in [2.45, 2.75) is 24.9 Å². The van der Waals surface area contributed by atoms with Gasteiger partial charge >= 0.3 is 5.97 Å². The SMILES string of the molecule is COc1c(CCN[C@H](c2ccccc2)[C@H]2CNc3cccc(C#N)c3N2)cccc1CC(=O)O. The quantitative estimate of drug-likeness (QED) is 0.386. The van der Waals surface area contributed by atoms with Gasteiger partial charge in [0.25, 0.3) is 0 Å². The van der Waals surface area contributed by atoms with Gasteiger partial charge in [-0.15, -0.1) is 0 Å². The van der Waals surface area contributed by atoms with Crippen molar-refractivity contribution in [2.24, 2.45) is 0 Å². The molecule has 0 spiro atoms. The molecule has 0 amide bonds. The molecule has 0 radical (unpaired) electrons. The lowest BCUT2D eigenvalue weighted by Gasteiger charge is -2.35. The van der Waals surface area contributed by atoms with Crippen LogP contribution in [0.5, 0.6) is 5.75 Å². The van der Waals surface area contributed by atoms with Gasteiger partial charge in [-0.2, -0.15) is 5.26 Å². The first-order valence-electron chi connectivity index (χ1n) is 11.3. The fourth-order valence-electron chi connectivity index (χ4n) is 4.52. The number of nitrogens with one attached hydrogen (secondary N) is 3. The van der Waals surface area contributed by atoms with Gasteiger partial charge in [0.2, 0.25) is 0 Å². The maximum absolute atomic E-state index is 11.2. The first kappa shape index (κ1) is 23.1. The highest BCUT2D eigenvalue weighted by Gasteiger charge is 2.28. The summed E-state index contributed by atoms with van der Waals surface area (Å²) in [6.45, 7) is 1.36. The van der Waals surface area contributed by atoms with E-state index in [1.165, 1.54) is 0 Å². The predicted octanol–water partition coefficient (Wildman–Crippen LogP) is 3.97. The largest absolute Gasteiger partial charge is 0.496 e. The molecule has 0 fully saturated rings. The van der Waals surface area contributed by atoms with Gasteiger partial charge in [0, 0.05) is 12.1 Å². The minimum absolute atomic E-state index is 0.0122. The molecule has 0 aromatic heterocycles. The molecule has 3 aromatic rings. The molecule has 4 N–H and O–H groups in total. The van der Waals surface area contributed by atoms with Crippen LogP contribution in [0.15, 0.2) is 66.7 Å². The Labute approximate surface area is 199 Å². The summed E-state index contributed by atoms with van der Waals surface area (Å²) >= 11 is 0. The molecule has 1 aliphatic heterocycles. The Balaban J connectivity index is 1.53. The normalized spacial score (nSPS) is 15.2. The van der Waals surface area contributed by atoms with E-state index in [-0.39, 0.29) is 18.5 Å². The summed E-state index contributed by atoms with van der Waals surface area (Å²) in [7, 11) is 1.58. The van der Waals surface area contributed by atoms with Crippen molar-refractivity contribution in [3.05, 3.63) is 89.0 Å². The second-order valence-corrected chi connectivity index (χ2v) is 8.24. The van der Waals surface area contributed by atoms with E-state index < -0.39 is 5.97 Å². The standard InChI is InChI=1S/C27H28N4O3/c1-34-27-19(9-5-10-20(27)15-24(32)33)13-14-29-25(18-7-3-2-4-8-18)23-17-30-22-12-6-11-21(16-28)26(22)31-23/h2-12,23,25,29-31H,13-15,17H2,1H3,(H,32,33)/t23-,25-/m1/s1. The van der Waals surface area contributed by atoms with E-state index in [0.717, 1.165) is 22.5 Å². The Morgan fingerprint density at radius 2 is 1.91 bits per heavy atom. The maximum atomic E-state index is 11.2. The number of aliphatic carboxylic acids is 1. The van der Waals surface area contributed by atoms with Gasteiger partial charge in [-0.05, 0) is 36.2 Å². The van der Waals surface area contributed by atoms with Gasteiger partial charge in [-0.3, -0.25) is 4.79 Å². The molecule has 7 nitrogen and oxygen atoms in total. The maximum Gasteiger partial charge on any atom is 0.307 e. The molecule has 4 rings (SSSR count). The number of carboxylic acids is 1. The van der Waals surface area contributed by atoms with E-state index in [1.54, 1.807) is 13.2 Å². The third kappa shape index (κ3) is 5.13. The zero-order valence-electron chi connectivity index (χ0n) is 19.0. The van der Waals surface area contributed by atoms with Crippen LogP contribution in [0, 0.1) is 11.3 Å². The molecule has 3 aromatic carbocycles. The number of hydrogen-bond donors (Lipinski definition) is 4. The Bertz CT molecular complexity index is 1190. The molecule has 34 heavy (non-hydrogen) atoms. The van der Waals surface area contributed by atoms with Crippen molar-refractivity contribution in [1.82, 2.24) is 5.32 Å². The molecule has 0 saturated heterocycles. The van der Waals surface area contributed by atoms with E-state index in [0.29, 0.717) is 36.4 Å². The zero-order valence-corrected chi connectivity index (χ0v) is 19.0. The fourth-order valence-corrected chi connectivity index (χ4v) is 4.52. The number of carboxylic acid groups (broad SMARTS) is 1. The van der Waals surface area contributed by atoms with Crippen LogP contribution in [-0.2, 0) is 17.6 Å². The van der Waals surface area contributed by atoms with Crippen LogP contribution < -0.4 is 20.7 Å². The van der Waals surface area contributed by atoms with Crippen molar-refractivity contribution in [1.29, 1.82) is 5.26 Å². The molecule has 0 unspecified atom stereocenters. The Kier molecular flexibility index (Phi) is 7.31. The number of ether oxygens (including phenoxy) is 1. The molecule has 0 aliphatic carbocycles. The highest BCUT2D eigenvalue weighted by atomic mass is 16.5. The summed E-state index contributed by atoms with van der Waals surface area (Å²) in [5, 5.41) is 29.5. The number of para-hydroxylation sites is 2. The summed E-state index contributed by atoms with van der Waals surface area (Å²) < 4.78 is 5.56. The van der Waals surface area contributed by atoms with Crippen LogP contribution in [0.4, 0.5) is 11.4 Å². The molecular formula is C27H28N4O3. The lowest BCUT2D eigenvalue weighted by atomic mass is 9.95. The van der Waals surface area contributed by atoms with Gasteiger partial charge in [0.15, 0.2) is 0 Å². The van der Waals surface area contributed by atoms with Crippen molar-refractivity contribution in [2.75, 3.05) is 30.8 Å². The highest BCUT2D eigenvalue weighted by Crippen LogP contribution is 2.33. The second kappa shape index (κ2) is 10.7. The zero-order chi connectivity index (χ0) is 23.9. The highest BCUT2D eigenvalue weighted by molar-refractivity contribution is 5.77. The first-order valence-corrected chi connectivity index (χ1v) is 11.3. The van der Waals surface area contributed by atoms with Crippen LogP contribution in [0.3, 0.4) is 0 Å². The summed E-state index contributed by atoms with van der Waals surface area (Å²) in [4.78, 5) is 11.2. The first-order chi connectivity index (χ1) is 16.6. The number of methoxy groups -OCH3 is 1. The van der Waals surface area contributed by atoms with E-state index in [2.05, 4.69) is 34.2 Å². The van der Waals surface area contributed by atoms with Crippen LogP contribution in [0.2, 0.25) is 0 Å². The molecule has 0 saturated carbocycles. The van der Waals surface area contributed by atoms with Crippen LogP contribution in [0.25, 0.3) is 0 Å². The Hall–Kier alpha value is -4.02. The van der Waals surface area contributed by atoms with Gasteiger partial charge in [0.1, 0.15) is 11.8 Å². The number of hydrogen-bond acceptors (Lipinski definition) is 6. The summed E-state index contributed by atoms with van der Waals surface area (Å²) in [5.41, 5.74) is 5.15. The number of carbonyl (C=O) groups is 1. The Morgan fingerprint density at radius 3 is 2.65 bits per heavy atom. The van der Waals surface area contributed by atoms with E-state index in [4.69, 9.17) is 4.74 Å². The third-order valence-electron chi connectivity index (χ3n) is 6.07. The van der Waals surface area contributed by atoms with Gasteiger partial charge in [-0.1, -0.05) is 54.6 Å². The average molecular weight is 457 g/mol. The monoisotopic (exact) mass is 456 g/mol. The molecule has 1 heterocycles. The van der Waals surface area contributed by atoms with Gasteiger partial charge < -0.3 is 25.8 Å². The minimum atomic E-state index is -0.884. The lowest BCUT2D eigenvalue weighted by Crippen LogP contribution is -2.44. The minimum Gasteiger partial charge on any atom is -0.496 e. The smallest absolute Gasteiger partial charge is 0.307 e. The number of anilines is 2. The number of fused-ring (bicyclic) bond motifs is 1. The van der Waals surface area contributed by atoms with E-state index in [9.17, 15) is 15.2 Å². The molecule has 7 heteroatoms. The molecule has 174 valence electrons. The number of benzene rings is 3. The van der Waals surface area contributed by atoms with Crippen LogP contribution >= 0.6 is 0 Å².